The van der Waals surface area contributed by atoms with Crippen molar-refractivity contribution in [2.75, 3.05) is 33.5 Å². The molecule has 1 fully saturated rings. The topological polar surface area (TPSA) is 82.1 Å². The van der Waals surface area contributed by atoms with E-state index in [4.69, 9.17) is 14.2 Å². The number of aliphatic hydroxyl groups excluding tert-OH is 1. The van der Waals surface area contributed by atoms with Gasteiger partial charge >= 0.3 is 11.9 Å². The molecule has 1 atom stereocenters. The Hall–Kier alpha value is -2.44. The van der Waals surface area contributed by atoms with Gasteiger partial charge in [-0.25, -0.2) is 9.59 Å². The van der Waals surface area contributed by atoms with Crippen LogP contribution in [-0.2, 0) is 30.2 Å². The standard InChI is InChI=1S/C31H46O6/c1-5-6-7-9-25-11-13-26(14-12-25)27-15-17-28(18-16-27)29(22-37-30(33)23(2)20-32)10-8-19-36-31(34)24(3)21-35-4/h11-14,27-29,32H,2-3,5-10,15-22H2,1,4H3. The molecule has 1 unspecified atom stereocenters. The molecule has 1 aliphatic carbocycles. The van der Waals surface area contributed by atoms with Crippen LogP contribution in [0.2, 0.25) is 0 Å². The first-order valence-corrected chi connectivity index (χ1v) is 13.8. The minimum atomic E-state index is -0.553. The van der Waals surface area contributed by atoms with E-state index in [1.807, 2.05) is 0 Å². The zero-order valence-corrected chi connectivity index (χ0v) is 22.8. The van der Waals surface area contributed by atoms with Crippen LogP contribution in [0.25, 0.3) is 0 Å². The number of aliphatic hydroxyl groups is 1. The van der Waals surface area contributed by atoms with E-state index in [2.05, 4.69) is 44.3 Å². The Morgan fingerprint density at radius 3 is 2.27 bits per heavy atom. The van der Waals surface area contributed by atoms with Crippen LogP contribution in [0.1, 0.15) is 81.8 Å². The van der Waals surface area contributed by atoms with E-state index in [9.17, 15) is 14.7 Å². The van der Waals surface area contributed by atoms with E-state index in [1.165, 1.54) is 37.5 Å². The summed E-state index contributed by atoms with van der Waals surface area (Å²) >= 11 is 0. The van der Waals surface area contributed by atoms with E-state index in [1.54, 1.807) is 0 Å². The quantitative estimate of drug-likeness (QED) is 0.158. The molecule has 1 aromatic rings. The van der Waals surface area contributed by atoms with E-state index in [0.29, 0.717) is 23.8 Å². The molecule has 0 amide bonds. The molecule has 6 heteroatoms. The lowest BCUT2D eigenvalue weighted by Gasteiger charge is -2.34. The highest BCUT2D eigenvalue weighted by Crippen LogP contribution is 2.40. The Bertz CT molecular complexity index is 851. The highest BCUT2D eigenvalue weighted by Gasteiger charge is 2.29. The molecule has 1 aromatic carbocycles. The van der Waals surface area contributed by atoms with Gasteiger partial charge in [0, 0.05) is 7.11 Å². The molecule has 6 nitrogen and oxygen atoms in total. The number of benzene rings is 1. The second-order valence-corrected chi connectivity index (χ2v) is 10.2. The highest BCUT2D eigenvalue weighted by molar-refractivity contribution is 5.88. The molecule has 1 aliphatic rings. The summed E-state index contributed by atoms with van der Waals surface area (Å²) < 4.78 is 15.7. The van der Waals surface area contributed by atoms with Gasteiger partial charge in [-0.3, -0.25) is 0 Å². The van der Waals surface area contributed by atoms with Crippen LogP contribution in [0.3, 0.4) is 0 Å². The number of methoxy groups -OCH3 is 1. The van der Waals surface area contributed by atoms with Crippen LogP contribution in [0.15, 0.2) is 48.6 Å². The lowest BCUT2D eigenvalue weighted by atomic mass is 9.73. The third kappa shape index (κ3) is 10.8. The van der Waals surface area contributed by atoms with Crippen LogP contribution in [0.5, 0.6) is 0 Å². The van der Waals surface area contributed by atoms with Crippen LogP contribution in [0.4, 0.5) is 0 Å². The minimum Gasteiger partial charge on any atom is -0.462 e. The monoisotopic (exact) mass is 514 g/mol. The molecule has 0 bridgehead atoms. The van der Waals surface area contributed by atoms with Crippen molar-refractivity contribution < 1.29 is 28.9 Å². The van der Waals surface area contributed by atoms with Crippen molar-refractivity contribution in [3.63, 3.8) is 0 Å². The van der Waals surface area contributed by atoms with Gasteiger partial charge in [0.1, 0.15) is 0 Å². The number of hydrogen-bond donors (Lipinski definition) is 1. The lowest BCUT2D eigenvalue weighted by molar-refractivity contribution is -0.141. The smallest absolute Gasteiger partial charge is 0.335 e. The first-order chi connectivity index (χ1) is 17.9. The van der Waals surface area contributed by atoms with Gasteiger partial charge in [-0.15, -0.1) is 0 Å². The number of carbonyl (C=O) groups is 2. The van der Waals surface area contributed by atoms with Gasteiger partial charge in [0.25, 0.3) is 0 Å². The largest absolute Gasteiger partial charge is 0.462 e. The van der Waals surface area contributed by atoms with Gasteiger partial charge in [0.15, 0.2) is 0 Å². The predicted molar refractivity (Wildman–Crippen MR) is 146 cm³/mol. The Morgan fingerprint density at radius 1 is 0.973 bits per heavy atom. The number of ether oxygens (including phenoxy) is 3. The molecule has 0 saturated heterocycles. The van der Waals surface area contributed by atoms with Crippen molar-refractivity contribution in [2.24, 2.45) is 11.8 Å². The zero-order chi connectivity index (χ0) is 27.0. The molecule has 0 heterocycles. The average molecular weight is 515 g/mol. The third-order valence-corrected chi connectivity index (χ3v) is 7.43. The number of carbonyl (C=O) groups excluding carboxylic acids is 2. The molecule has 206 valence electrons. The van der Waals surface area contributed by atoms with Crippen molar-refractivity contribution in [3.05, 3.63) is 59.7 Å². The molecule has 2 rings (SSSR count). The molecular formula is C31H46O6. The molecule has 0 spiro atoms. The Kier molecular flexibility index (Phi) is 14.3. The van der Waals surface area contributed by atoms with Gasteiger partial charge in [0.2, 0.25) is 0 Å². The fraction of sp³-hybridized carbons (Fsp3) is 0.613. The number of rotatable bonds is 17. The van der Waals surface area contributed by atoms with Crippen molar-refractivity contribution >= 4 is 11.9 Å². The molecule has 1 N–H and O–H groups in total. The van der Waals surface area contributed by atoms with Crippen molar-refractivity contribution in [3.8, 4) is 0 Å². The summed E-state index contributed by atoms with van der Waals surface area (Å²) in [5.74, 6) is 0.159. The van der Waals surface area contributed by atoms with Crippen LogP contribution >= 0.6 is 0 Å². The van der Waals surface area contributed by atoms with Gasteiger partial charge in [-0.2, -0.15) is 0 Å². The molecule has 37 heavy (non-hydrogen) atoms. The Morgan fingerprint density at radius 2 is 1.65 bits per heavy atom. The van der Waals surface area contributed by atoms with E-state index >= 15 is 0 Å². The van der Waals surface area contributed by atoms with Gasteiger partial charge < -0.3 is 19.3 Å². The fourth-order valence-corrected chi connectivity index (χ4v) is 5.11. The normalized spacial score (nSPS) is 18.1. The fourth-order valence-electron chi connectivity index (χ4n) is 5.11. The maximum Gasteiger partial charge on any atom is 0.335 e. The van der Waals surface area contributed by atoms with Crippen molar-refractivity contribution in [2.45, 2.75) is 77.0 Å². The maximum absolute atomic E-state index is 12.1. The third-order valence-electron chi connectivity index (χ3n) is 7.43. The van der Waals surface area contributed by atoms with E-state index < -0.39 is 18.5 Å². The predicted octanol–water partition coefficient (Wildman–Crippen LogP) is 5.93. The van der Waals surface area contributed by atoms with Crippen LogP contribution in [-0.4, -0.2) is 50.6 Å². The highest BCUT2D eigenvalue weighted by atomic mass is 16.5. The van der Waals surface area contributed by atoms with Gasteiger partial charge in [-0.05, 0) is 80.2 Å². The average Bonchev–Trinajstić information content (AvgIpc) is 2.92. The maximum atomic E-state index is 12.1. The van der Waals surface area contributed by atoms with Crippen LogP contribution < -0.4 is 0 Å². The second-order valence-electron chi connectivity index (χ2n) is 10.2. The van der Waals surface area contributed by atoms with Crippen LogP contribution in [0, 0.1) is 11.8 Å². The van der Waals surface area contributed by atoms with Gasteiger partial charge in [0.05, 0.1) is 37.6 Å². The number of hydrogen-bond acceptors (Lipinski definition) is 6. The molecular weight excluding hydrogens is 468 g/mol. The van der Waals surface area contributed by atoms with Crippen molar-refractivity contribution in [1.29, 1.82) is 0 Å². The molecule has 0 radical (unpaired) electrons. The first kappa shape index (κ1) is 30.8. The number of unbranched alkanes of at least 4 members (excludes halogenated alkanes) is 2. The SMILES string of the molecule is C=C(CO)C(=O)OCC(CCCOC(=O)C(=C)COC)C1CCC(c2ccc(CCCCC)cc2)CC1. The summed E-state index contributed by atoms with van der Waals surface area (Å²) in [6.07, 6.45) is 10.7. The number of esters is 2. The van der Waals surface area contributed by atoms with E-state index in [0.717, 1.165) is 38.5 Å². The summed E-state index contributed by atoms with van der Waals surface area (Å²) in [5, 5.41) is 9.17. The van der Waals surface area contributed by atoms with Gasteiger partial charge in [-0.1, -0.05) is 57.2 Å². The lowest BCUT2D eigenvalue weighted by Crippen LogP contribution is -2.27. The first-order valence-electron chi connectivity index (χ1n) is 13.8. The molecule has 0 aliphatic heterocycles. The summed E-state index contributed by atoms with van der Waals surface area (Å²) in [6.45, 7) is 9.77. The second kappa shape index (κ2) is 17.1. The Labute approximate surface area is 223 Å². The molecule has 1 saturated carbocycles. The summed E-state index contributed by atoms with van der Waals surface area (Å²) in [7, 11) is 1.51. The summed E-state index contributed by atoms with van der Waals surface area (Å²) in [5.41, 5.74) is 3.20. The Balaban J connectivity index is 1.89. The molecule has 0 aromatic heterocycles. The summed E-state index contributed by atoms with van der Waals surface area (Å²) in [6, 6.07) is 9.18. The summed E-state index contributed by atoms with van der Waals surface area (Å²) in [4.78, 5) is 24.0. The minimum absolute atomic E-state index is 0.0613. The van der Waals surface area contributed by atoms with E-state index in [-0.39, 0.29) is 31.3 Å². The zero-order valence-electron chi connectivity index (χ0n) is 22.8. The number of aryl methyl sites for hydroxylation is 1. The van der Waals surface area contributed by atoms with Crippen molar-refractivity contribution in [1.82, 2.24) is 0 Å².